The third-order valence-corrected chi connectivity index (χ3v) is 2.57. The molecule has 4 N–H and O–H groups in total. The van der Waals surface area contributed by atoms with Gasteiger partial charge in [0.1, 0.15) is 6.04 Å². The lowest BCUT2D eigenvalue weighted by Crippen LogP contribution is -2.47. The van der Waals surface area contributed by atoms with Gasteiger partial charge < -0.3 is 20.8 Å². The molecule has 0 aliphatic rings. The Bertz CT molecular complexity index is 499. The Hall–Kier alpha value is -2.58. The molecule has 110 valence electrons. The Labute approximate surface area is 114 Å². The maximum atomic E-state index is 11.5. The second-order valence-corrected chi connectivity index (χ2v) is 4.09. The number of aromatic nitrogens is 2. The Morgan fingerprint density at radius 2 is 2.10 bits per heavy atom. The Morgan fingerprint density at radius 3 is 2.60 bits per heavy atom. The van der Waals surface area contributed by atoms with Crippen LogP contribution in [0.15, 0.2) is 12.3 Å². The topological polar surface area (TPSA) is 134 Å². The van der Waals surface area contributed by atoms with Crippen LogP contribution in [0.1, 0.15) is 12.1 Å². The molecule has 0 aromatic carbocycles. The molecule has 0 spiro atoms. The predicted octanol–water partition coefficient (Wildman–Crippen LogP) is -0.810. The van der Waals surface area contributed by atoms with E-state index in [4.69, 9.17) is 10.2 Å². The van der Waals surface area contributed by atoms with Gasteiger partial charge in [-0.05, 0) is 6.07 Å². The van der Waals surface area contributed by atoms with Crippen molar-refractivity contribution in [3.05, 3.63) is 18.0 Å². The van der Waals surface area contributed by atoms with Crippen molar-refractivity contribution in [3.8, 4) is 0 Å². The minimum Gasteiger partial charge on any atom is -0.481 e. The van der Waals surface area contributed by atoms with Crippen LogP contribution in [0.2, 0.25) is 0 Å². The zero-order valence-electron chi connectivity index (χ0n) is 10.9. The number of hydrogen-bond acceptors (Lipinski definition) is 4. The summed E-state index contributed by atoms with van der Waals surface area (Å²) in [6.07, 6.45) is 1.48. The van der Waals surface area contributed by atoms with Crippen LogP contribution in [0, 0.1) is 0 Å². The normalized spacial score (nSPS) is 11.7. The Balaban J connectivity index is 2.36. The SMILES string of the molecule is Cn1nccc1CCNC(=O)N[C@@H](CC(=O)O)C(=O)O. The maximum Gasteiger partial charge on any atom is 0.326 e. The molecule has 1 rings (SSSR count). The maximum absolute atomic E-state index is 11.5. The second kappa shape index (κ2) is 7.12. The zero-order chi connectivity index (χ0) is 15.1. The van der Waals surface area contributed by atoms with Crippen LogP contribution in [-0.4, -0.2) is 50.5 Å². The number of urea groups is 1. The predicted molar refractivity (Wildman–Crippen MR) is 67.1 cm³/mol. The average Bonchev–Trinajstić information content (AvgIpc) is 2.73. The van der Waals surface area contributed by atoms with Gasteiger partial charge in [0.15, 0.2) is 0 Å². The monoisotopic (exact) mass is 284 g/mol. The molecule has 0 aliphatic heterocycles. The summed E-state index contributed by atoms with van der Waals surface area (Å²) in [6.45, 7) is 0.283. The van der Waals surface area contributed by atoms with E-state index in [0.717, 1.165) is 5.69 Å². The fraction of sp³-hybridized carbons (Fsp3) is 0.455. The standard InChI is InChI=1S/C11H16N4O5/c1-15-7(3-5-13-15)2-4-12-11(20)14-8(10(18)19)6-9(16)17/h3,5,8H,2,4,6H2,1H3,(H,16,17)(H,18,19)(H2,12,14,20)/t8-/m0/s1. The van der Waals surface area contributed by atoms with Crippen molar-refractivity contribution < 1.29 is 24.6 Å². The molecule has 1 heterocycles. The second-order valence-electron chi connectivity index (χ2n) is 4.09. The van der Waals surface area contributed by atoms with Crippen molar-refractivity contribution in [1.82, 2.24) is 20.4 Å². The van der Waals surface area contributed by atoms with Crippen LogP contribution >= 0.6 is 0 Å². The molecule has 0 fully saturated rings. The summed E-state index contributed by atoms with van der Waals surface area (Å²) in [5, 5.41) is 25.8. The van der Waals surface area contributed by atoms with E-state index in [1.807, 2.05) is 0 Å². The van der Waals surface area contributed by atoms with Crippen LogP contribution < -0.4 is 10.6 Å². The molecular formula is C11H16N4O5. The van der Waals surface area contributed by atoms with E-state index in [-0.39, 0.29) is 6.54 Å². The van der Waals surface area contributed by atoms with Gasteiger partial charge in [0.25, 0.3) is 0 Å². The first-order valence-electron chi connectivity index (χ1n) is 5.86. The molecule has 0 radical (unpaired) electrons. The van der Waals surface area contributed by atoms with E-state index in [1.165, 1.54) is 0 Å². The van der Waals surface area contributed by atoms with E-state index in [0.29, 0.717) is 6.42 Å². The van der Waals surface area contributed by atoms with Gasteiger partial charge in [0.2, 0.25) is 0 Å². The van der Waals surface area contributed by atoms with Crippen molar-refractivity contribution in [1.29, 1.82) is 0 Å². The van der Waals surface area contributed by atoms with Crippen molar-refractivity contribution in [2.75, 3.05) is 6.54 Å². The van der Waals surface area contributed by atoms with Crippen molar-refractivity contribution >= 4 is 18.0 Å². The largest absolute Gasteiger partial charge is 0.481 e. The number of nitrogens with zero attached hydrogens (tertiary/aromatic N) is 2. The van der Waals surface area contributed by atoms with Gasteiger partial charge in [-0.25, -0.2) is 9.59 Å². The number of hydrogen-bond donors (Lipinski definition) is 4. The number of carboxylic acid groups (broad SMARTS) is 2. The molecule has 1 aromatic rings. The van der Waals surface area contributed by atoms with E-state index >= 15 is 0 Å². The van der Waals surface area contributed by atoms with Gasteiger partial charge in [-0.1, -0.05) is 0 Å². The summed E-state index contributed by atoms with van der Waals surface area (Å²) >= 11 is 0. The van der Waals surface area contributed by atoms with Gasteiger partial charge in [-0.3, -0.25) is 9.48 Å². The molecule has 20 heavy (non-hydrogen) atoms. The fourth-order valence-corrected chi connectivity index (χ4v) is 1.53. The molecule has 0 saturated heterocycles. The third-order valence-electron chi connectivity index (χ3n) is 2.57. The molecule has 1 atom stereocenters. The number of aliphatic carboxylic acids is 2. The number of carbonyl (C=O) groups is 3. The minimum absolute atomic E-state index is 0.283. The lowest BCUT2D eigenvalue weighted by atomic mass is 10.2. The van der Waals surface area contributed by atoms with Crippen LogP contribution in [0.3, 0.4) is 0 Å². The third kappa shape index (κ3) is 4.96. The molecule has 0 aliphatic carbocycles. The molecule has 0 unspecified atom stereocenters. The number of amides is 2. The highest BCUT2D eigenvalue weighted by atomic mass is 16.4. The number of carbonyl (C=O) groups excluding carboxylic acids is 1. The number of carboxylic acids is 2. The highest BCUT2D eigenvalue weighted by molar-refractivity contribution is 5.86. The lowest BCUT2D eigenvalue weighted by Gasteiger charge is -2.13. The highest BCUT2D eigenvalue weighted by Crippen LogP contribution is 1.96. The van der Waals surface area contributed by atoms with Crippen LogP contribution in [0.5, 0.6) is 0 Å². The van der Waals surface area contributed by atoms with Crippen molar-refractivity contribution in [3.63, 3.8) is 0 Å². The quantitative estimate of drug-likeness (QED) is 0.517. The number of aryl methyl sites for hydroxylation is 1. The first-order valence-corrected chi connectivity index (χ1v) is 5.86. The smallest absolute Gasteiger partial charge is 0.326 e. The van der Waals surface area contributed by atoms with E-state index in [1.54, 1.807) is 24.0 Å². The van der Waals surface area contributed by atoms with Gasteiger partial charge in [-0.15, -0.1) is 0 Å². The lowest BCUT2D eigenvalue weighted by molar-refractivity contribution is -0.145. The first-order chi connectivity index (χ1) is 9.40. The fourth-order valence-electron chi connectivity index (χ4n) is 1.53. The summed E-state index contributed by atoms with van der Waals surface area (Å²) in [5.74, 6) is -2.69. The summed E-state index contributed by atoms with van der Waals surface area (Å²) in [5.41, 5.74) is 0.908. The minimum atomic E-state index is -1.45. The first kappa shape index (κ1) is 15.5. The average molecular weight is 284 g/mol. The molecule has 1 aromatic heterocycles. The number of rotatable bonds is 7. The highest BCUT2D eigenvalue weighted by Gasteiger charge is 2.22. The summed E-state index contributed by atoms with van der Waals surface area (Å²) in [7, 11) is 1.77. The molecule has 0 bridgehead atoms. The van der Waals surface area contributed by atoms with Gasteiger partial charge in [-0.2, -0.15) is 5.10 Å². The van der Waals surface area contributed by atoms with Gasteiger partial charge in [0.05, 0.1) is 6.42 Å². The molecule has 2 amide bonds. The van der Waals surface area contributed by atoms with Crippen LogP contribution in [0.4, 0.5) is 4.79 Å². The molecular weight excluding hydrogens is 268 g/mol. The van der Waals surface area contributed by atoms with E-state index in [9.17, 15) is 14.4 Å². The van der Waals surface area contributed by atoms with Gasteiger partial charge in [0, 0.05) is 31.9 Å². The van der Waals surface area contributed by atoms with E-state index in [2.05, 4.69) is 15.7 Å². The Kier molecular flexibility index (Phi) is 5.51. The van der Waals surface area contributed by atoms with Gasteiger partial charge >= 0.3 is 18.0 Å². The van der Waals surface area contributed by atoms with E-state index < -0.39 is 30.4 Å². The molecule has 9 nitrogen and oxygen atoms in total. The Morgan fingerprint density at radius 1 is 1.40 bits per heavy atom. The molecule has 9 heteroatoms. The van der Waals surface area contributed by atoms with Crippen LogP contribution in [-0.2, 0) is 23.1 Å². The van der Waals surface area contributed by atoms with Crippen molar-refractivity contribution in [2.24, 2.45) is 7.05 Å². The summed E-state index contributed by atoms with van der Waals surface area (Å²) in [6, 6.07) is -0.380. The van der Waals surface area contributed by atoms with Crippen molar-refractivity contribution in [2.45, 2.75) is 18.9 Å². The molecule has 0 saturated carbocycles. The number of nitrogens with one attached hydrogen (secondary N) is 2. The summed E-state index contributed by atoms with van der Waals surface area (Å²) < 4.78 is 1.66. The van der Waals surface area contributed by atoms with Crippen LogP contribution in [0.25, 0.3) is 0 Å². The zero-order valence-corrected chi connectivity index (χ0v) is 10.9. The summed E-state index contributed by atoms with van der Waals surface area (Å²) in [4.78, 5) is 32.7.